The van der Waals surface area contributed by atoms with Crippen LogP contribution >= 0.6 is 0 Å². The molecule has 1 saturated heterocycles. The molecule has 1 aromatic rings. The zero-order valence-corrected chi connectivity index (χ0v) is 10.7. The van der Waals surface area contributed by atoms with Crippen molar-refractivity contribution in [2.24, 2.45) is 0 Å². The van der Waals surface area contributed by atoms with Crippen LogP contribution in [-0.2, 0) is 16.6 Å². The summed E-state index contributed by atoms with van der Waals surface area (Å²) in [6.45, 7) is 3.79. The number of sulfonamides is 1. The Morgan fingerprint density at radius 3 is 2.94 bits per heavy atom. The molecule has 94 valence electrons. The van der Waals surface area contributed by atoms with Crippen molar-refractivity contribution in [3.63, 3.8) is 0 Å². The van der Waals surface area contributed by atoms with Gasteiger partial charge in [0.1, 0.15) is 5.82 Å². The minimum atomic E-state index is -3.04. The molecule has 1 aliphatic heterocycles. The minimum absolute atomic E-state index is 0.264. The van der Waals surface area contributed by atoms with Crippen molar-refractivity contribution < 1.29 is 8.42 Å². The van der Waals surface area contributed by atoms with Crippen LogP contribution in [0.2, 0.25) is 0 Å². The van der Waals surface area contributed by atoms with E-state index in [-0.39, 0.29) is 5.75 Å². The van der Waals surface area contributed by atoms with Crippen LogP contribution in [0.25, 0.3) is 0 Å². The number of anilines is 1. The normalized spacial score (nSPS) is 19.4. The maximum Gasteiger partial charge on any atom is 0.214 e. The summed E-state index contributed by atoms with van der Waals surface area (Å²) in [5.41, 5.74) is 0.786. The molecule has 1 N–H and O–H groups in total. The minimum Gasteiger partial charge on any atom is -0.370 e. The zero-order chi connectivity index (χ0) is 12.3. The first-order valence-corrected chi connectivity index (χ1v) is 7.40. The standard InChI is InChI=1S/C11H17N3O2S/c1-2-12-11-6-3-5-10(13-11)9-14-7-4-8-17(14,15)16/h3,5-6H,2,4,7-9H2,1H3,(H,12,13). The van der Waals surface area contributed by atoms with Crippen LogP contribution in [-0.4, -0.2) is 36.5 Å². The third-order valence-electron chi connectivity index (χ3n) is 2.71. The molecule has 0 saturated carbocycles. The molecule has 0 atom stereocenters. The van der Waals surface area contributed by atoms with Gasteiger partial charge in [0.05, 0.1) is 18.0 Å². The van der Waals surface area contributed by atoms with E-state index in [1.165, 1.54) is 4.31 Å². The van der Waals surface area contributed by atoms with Crippen LogP contribution in [0.1, 0.15) is 19.0 Å². The van der Waals surface area contributed by atoms with Gasteiger partial charge in [-0.05, 0) is 25.5 Å². The van der Waals surface area contributed by atoms with E-state index in [0.717, 1.165) is 24.5 Å². The van der Waals surface area contributed by atoms with Crippen molar-refractivity contribution in [1.29, 1.82) is 0 Å². The predicted octanol–water partition coefficient (Wildman–Crippen LogP) is 1.05. The van der Waals surface area contributed by atoms with E-state index in [4.69, 9.17) is 0 Å². The zero-order valence-electron chi connectivity index (χ0n) is 9.89. The molecular formula is C11H17N3O2S. The predicted molar refractivity (Wildman–Crippen MR) is 67.2 cm³/mol. The van der Waals surface area contributed by atoms with E-state index in [1.807, 2.05) is 25.1 Å². The highest BCUT2D eigenvalue weighted by Gasteiger charge is 2.28. The van der Waals surface area contributed by atoms with E-state index in [1.54, 1.807) is 0 Å². The van der Waals surface area contributed by atoms with Crippen molar-refractivity contribution in [2.75, 3.05) is 24.2 Å². The molecule has 0 radical (unpaired) electrons. The fourth-order valence-electron chi connectivity index (χ4n) is 1.90. The van der Waals surface area contributed by atoms with Crippen molar-refractivity contribution in [1.82, 2.24) is 9.29 Å². The Hall–Kier alpha value is -1.14. The fraction of sp³-hybridized carbons (Fsp3) is 0.545. The van der Waals surface area contributed by atoms with Gasteiger partial charge < -0.3 is 5.32 Å². The van der Waals surface area contributed by atoms with Gasteiger partial charge in [0, 0.05) is 13.1 Å². The highest BCUT2D eigenvalue weighted by atomic mass is 32.2. The lowest BCUT2D eigenvalue weighted by molar-refractivity contribution is 0.435. The summed E-state index contributed by atoms with van der Waals surface area (Å²) in [6.07, 6.45) is 0.717. The Morgan fingerprint density at radius 1 is 1.47 bits per heavy atom. The number of hydrogen-bond donors (Lipinski definition) is 1. The van der Waals surface area contributed by atoms with Crippen LogP contribution in [0.3, 0.4) is 0 Å². The van der Waals surface area contributed by atoms with Gasteiger partial charge in [0.15, 0.2) is 0 Å². The Labute approximate surface area is 102 Å². The number of rotatable bonds is 4. The van der Waals surface area contributed by atoms with Gasteiger partial charge in [-0.1, -0.05) is 6.07 Å². The Morgan fingerprint density at radius 2 is 2.29 bits per heavy atom. The maximum absolute atomic E-state index is 11.7. The van der Waals surface area contributed by atoms with Gasteiger partial charge in [-0.3, -0.25) is 0 Å². The summed E-state index contributed by atoms with van der Waals surface area (Å²) in [5, 5.41) is 3.11. The summed E-state index contributed by atoms with van der Waals surface area (Å²) in [5.74, 6) is 1.06. The first-order valence-electron chi connectivity index (χ1n) is 5.79. The first kappa shape index (κ1) is 12.3. The highest BCUT2D eigenvalue weighted by Crippen LogP contribution is 2.17. The molecule has 0 aliphatic carbocycles. The Kier molecular flexibility index (Phi) is 3.63. The lowest BCUT2D eigenvalue weighted by atomic mass is 10.3. The molecule has 1 aromatic heterocycles. The second-order valence-corrected chi connectivity index (χ2v) is 6.14. The molecule has 1 aliphatic rings. The van der Waals surface area contributed by atoms with Gasteiger partial charge in [-0.2, -0.15) is 4.31 Å². The topological polar surface area (TPSA) is 62.3 Å². The molecule has 0 spiro atoms. The SMILES string of the molecule is CCNc1cccc(CN2CCCS2(=O)=O)n1. The van der Waals surface area contributed by atoms with E-state index in [9.17, 15) is 8.42 Å². The van der Waals surface area contributed by atoms with Gasteiger partial charge in [-0.25, -0.2) is 13.4 Å². The van der Waals surface area contributed by atoms with Crippen molar-refractivity contribution >= 4 is 15.8 Å². The summed E-state index contributed by atoms with van der Waals surface area (Å²) in [7, 11) is -3.04. The number of hydrogen-bond acceptors (Lipinski definition) is 4. The Balaban J connectivity index is 2.11. The van der Waals surface area contributed by atoms with Gasteiger partial charge in [0.2, 0.25) is 10.0 Å². The van der Waals surface area contributed by atoms with Crippen LogP contribution in [0.5, 0.6) is 0 Å². The monoisotopic (exact) mass is 255 g/mol. The van der Waals surface area contributed by atoms with Crippen molar-refractivity contribution in [2.45, 2.75) is 19.9 Å². The van der Waals surface area contributed by atoms with E-state index < -0.39 is 10.0 Å². The summed E-state index contributed by atoms with van der Waals surface area (Å²) < 4.78 is 24.8. The third-order valence-corrected chi connectivity index (χ3v) is 4.61. The smallest absolute Gasteiger partial charge is 0.214 e. The Bertz CT molecular complexity index is 487. The average molecular weight is 255 g/mol. The second-order valence-electron chi connectivity index (χ2n) is 4.05. The third kappa shape index (κ3) is 2.95. The average Bonchev–Trinajstić information content (AvgIpc) is 2.59. The van der Waals surface area contributed by atoms with Gasteiger partial charge >= 0.3 is 0 Å². The van der Waals surface area contributed by atoms with Crippen LogP contribution < -0.4 is 5.32 Å². The largest absolute Gasteiger partial charge is 0.370 e. The van der Waals surface area contributed by atoms with Crippen molar-refractivity contribution in [3.05, 3.63) is 23.9 Å². The van der Waals surface area contributed by atoms with Gasteiger partial charge in [0.25, 0.3) is 0 Å². The quantitative estimate of drug-likeness (QED) is 0.873. The molecule has 17 heavy (non-hydrogen) atoms. The molecular weight excluding hydrogens is 238 g/mol. The molecule has 0 bridgehead atoms. The number of pyridine rings is 1. The van der Waals surface area contributed by atoms with Crippen LogP contribution in [0.4, 0.5) is 5.82 Å². The molecule has 6 heteroatoms. The van der Waals surface area contributed by atoms with Crippen LogP contribution in [0.15, 0.2) is 18.2 Å². The summed E-state index contributed by atoms with van der Waals surface area (Å²) in [4.78, 5) is 4.37. The number of aromatic nitrogens is 1. The molecule has 5 nitrogen and oxygen atoms in total. The molecule has 1 fully saturated rings. The molecule has 2 heterocycles. The molecule has 0 unspecified atom stereocenters. The summed E-state index contributed by atoms with van der Waals surface area (Å²) in [6, 6.07) is 5.63. The molecule has 0 amide bonds. The first-order chi connectivity index (χ1) is 8.12. The fourth-order valence-corrected chi connectivity index (χ4v) is 3.39. The van der Waals surface area contributed by atoms with E-state index in [0.29, 0.717) is 13.1 Å². The lowest BCUT2D eigenvalue weighted by Crippen LogP contribution is -2.25. The van der Waals surface area contributed by atoms with Crippen LogP contribution in [0, 0.1) is 0 Å². The summed E-state index contributed by atoms with van der Waals surface area (Å²) >= 11 is 0. The maximum atomic E-state index is 11.7. The number of nitrogens with one attached hydrogen (secondary N) is 1. The van der Waals surface area contributed by atoms with E-state index in [2.05, 4.69) is 10.3 Å². The number of nitrogens with zero attached hydrogens (tertiary/aromatic N) is 2. The van der Waals surface area contributed by atoms with Crippen molar-refractivity contribution in [3.8, 4) is 0 Å². The van der Waals surface area contributed by atoms with E-state index >= 15 is 0 Å². The lowest BCUT2D eigenvalue weighted by Gasteiger charge is -2.14. The molecule has 2 rings (SSSR count). The highest BCUT2D eigenvalue weighted by molar-refractivity contribution is 7.89. The molecule has 0 aromatic carbocycles. The van der Waals surface area contributed by atoms with Gasteiger partial charge in [-0.15, -0.1) is 0 Å². The second kappa shape index (κ2) is 5.01.